The van der Waals surface area contributed by atoms with Crippen LogP contribution >= 0.6 is 0 Å². The maximum Gasteiger partial charge on any atom is 0.246 e. The fourth-order valence-electron chi connectivity index (χ4n) is 0.951. The Labute approximate surface area is 70.6 Å². The van der Waals surface area contributed by atoms with E-state index in [4.69, 9.17) is 5.21 Å². The number of nitrogens with one attached hydrogen (secondary N) is 2. The first-order valence-corrected chi connectivity index (χ1v) is 3.89. The Balaban J connectivity index is 2.72. The molecule has 1 rings (SSSR count). The average molecular weight is 171 g/mol. The summed E-state index contributed by atoms with van der Waals surface area (Å²) in [6.07, 6.45) is 0. The highest BCUT2D eigenvalue weighted by atomic mass is 16.5. The molecule has 68 valence electrons. The Hall–Kier alpha value is -1.30. The minimum Gasteiger partial charge on any atom is -0.340 e. The number of anilines is 2. The summed E-state index contributed by atoms with van der Waals surface area (Å²) in [5.74, 6) is 0.855. The molecule has 1 aromatic heterocycles. The van der Waals surface area contributed by atoms with Crippen LogP contribution in [0.3, 0.4) is 0 Å². The molecule has 0 saturated heterocycles. The van der Waals surface area contributed by atoms with Crippen LogP contribution < -0.4 is 10.4 Å². The largest absolute Gasteiger partial charge is 0.340 e. The van der Waals surface area contributed by atoms with Crippen molar-refractivity contribution in [3.63, 3.8) is 0 Å². The van der Waals surface area contributed by atoms with Crippen LogP contribution in [-0.2, 0) is 0 Å². The monoisotopic (exact) mass is 171 g/mol. The Bertz CT molecular complexity index is 232. The molecular formula is C6H13N5O. The lowest BCUT2D eigenvalue weighted by Gasteiger charge is -2.14. The van der Waals surface area contributed by atoms with Crippen molar-refractivity contribution in [3.8, 4) is 0 Å². The maximum atomic E-state index is 8.48. The van der Waals surface area contributed by atoms with Gasteiger partial charge in [-0.1, -0.05) is 0 Å². The first kappa shape index (κ1) is 8.79. The lowest BCUT2D eigenvalue weighted by molar-refractivity contribution is 0.383. The average Bonchev–Trinajstić information content (AvgIpc) is 2.55. The molecule has 0 aliphatic heterocycles. The number of aromatic nitrogens is 3. The summed E-state index contributed by atoms with van der Waals surface area (Å²) in [5, 5.41) is 14.9. The zero-order valence-electron chi connectivity index (χ0n) is 7.20. The van der Waals surface area contributed by atoms with Gasteiger partial charge in [0.05, 0.1) is 0 Å². The summed E-state index contributed by atoms with van der Waals surface area (Å²) < 4.78 is 0. The molecule has 0 saturated carbocycles. The molecule has 12 heavy (non-hydrogen) atoms. The van der Waals surface area contributed by atoms with Crippen molar-refractivity contribution in [1.82, 2.24) is 15.2 Å². The Morgan fingerprint density at radius 1 is 1.50 bits per heavy atom. The first-order valence-electron chi connectivity index (χ1n) is 3.89. The highest BCUT2D eigenvalue weighted by molar-refractivity contribution is 5.34. The molecular weight excluding hydrogens is 158 g/mol. The maximum absolute atomic E-state index is 8.48. The molecule has 0 fully saturated rings. The second-order valence-electron chi connectivity index (χ2n) is 2.27. The third-order valence-electron chi connectivity index (χ3n) is 1.63. The van der Waals surface area contributed by atoms with Gasteiger partial charge in [0, 0.05) is 13.1 Å². The molecule has 0 atom stereocenters. The van der Waals surface area contributed by atoms with Gasteiger partial charge < -0.3 is 4.90 Å². The minimum atomic E-state index is 0.261. The lowest BCUT2D eigenvalue weighted by atomic mass is 10.5. The molecule has 0 spiro atoms. The predicted molar refractivity (Wildman–Crippen MR) is 45.4 cm³/mol. The quantitative estimate of drug-likeness (QED) is 0.573. The second kappa shape index (κ2) is 3.91. The van der Waals surface area contributed by atoms with E-state index >= 15 is 0 Å². The number of aromatic amines is 1. The van der Waals surface area contributed by atoms with Gasteiger partial charge in [-0.3, -0.25) is 5.21 Å². The van der Waals surface area contributed by atoms with Crippen LogP contribution in [0.25, 0.3) is 0 Å². The van der Waals surface area contributed by atoms with E-state index in [1.54, 1.807) is 0 Å². The van der Waals surface area contributed by atoms with Gasteiger partial charge in [0.25, 0.3) is 0 Å². The topological polar surface area (TPSA) is 77.1 Å². The van der Waals surface area contributed by atoms with E-state index in [1.165, 1.54) is 0 Å². The number of rotatable bonds is 4. The highest BCUT2D eigenvalue weighted by Crippen LogP contribution is 2.07. The van der Waals surface area contributed by atoms with Crippen molar-refractivity contribution in [2.24, 2.45) is 0 Å². The lowest BCUT2D eigenvalue weighted by Crippen LogP contribution is -2.23. The molecule has 0 aliphatic carbocycles. The summed E-state index contributed by atoms with van der Waals surface area (Å²) >= 11 is 0. The van der Waals surface area contributed by atoms with Crippen LogP contribution in [0.15, 0.2) is 0 Å². The molecule has 0 amide bonds. The minimum absolute atomic E-state index is 0.261. The van der Waals surface area contributed by atoms with Crippen molar-refractivity contribution in [1.29, 1.82) is 0 Å². The Kier molecular flexibility index (Phi) is 2.87. The fourth-order valence-corrected chi connectivity index (χ4v) is 0.951. The van der Waals surface area contributed by atoms with Crippen molar-refractivity contribution < 1.29 is 5.21 Å². The van der Waals surface area contributed by atoms with E-state index < -0.39 is 0 Å². The van der Waals surface area contributed by atoms with Crippen molar-refractivity contribution in [3.05, 3.63) is 0 Å². The van der Waals surface area contributed by atoms with Crippen LogP contribution in [0.5, 0.6) is 0 Å². The molecule has 6 heteroatoms. The first-order chi connectivity index (χ1) is 5.81. The summed E-state index contributed by atoms with van der Waals surface area (Å²) in [6.45, 7) is 5.73. The zero-order valence-corrected chi connectivity index (χ0v) is 7.20. The summed E-state index contributed by atoms with van der Waals surface area (Å²) in [7, 11) is 0. The SMILES string of the molecule is CCN(CC)c1n[nH]c(NO)n1. The van der Waals surface area contributed by atoms with Crippen LogP contribution in [0, 0.1) is 0 Å². The zero-order chi connectivity index (χ0) is 8.97. The van der Waals surface area contributed by atoms with Crippen LogP contribution in [0.2, 0.25) is 0 Å². The molecule has 0 unspecified atom stereocenters. The van der Waals surface area contributed by atoms with Crippen LogP contribution in [-0.4, -0.2) is 33.5 Å². The summed E-state index contributed by atoms with van der Waals surface area (Å²) in [6, 6.07) is 0. The van der Waals surface area contributed by atoms with Gasteiger partial charge in [0.2, 0.25) is 11.9 Å². The van der Waals surface area contributed by atoms with Gasteiger partial charge in [0.1, 0.15) is 0 Å². The van der Waals surface area contributed by atoms with E-state index in [1.807, 2.05) is 24.2 Å². The third kappa shape index (κ3) is 1.65. The standard InChI is InChI=1S/C6H13N5O/c1-3-11(4-2)6-7-5(10-12)8-9-6/h12H,3-4H2,1-2H3,(H2,7,8,9,10). The normalized spacial score (nSPS) is 9.92. The van der Waals surface area contributed by atoms with Gasteiger partial charge in [-0.2, -0.15) is 4.98 Å². The van der Waals surface area contributed by atoms with Gasteiger partial charge in [-0.15, -0.1) is 5.10 Å². The van der Waals surface area contributed by atoms with Gasteiger partial charge in [-0.05, 0) is 13.8 Å². The number of H-pyrrole nitrogens is 1. The molecule has 6 nitrogen and oxygen atoms in total. The van der Waals surface area contributed by atoms with E-state index in [-0.39, 0.29) is 5.95 Å². The smallest absolute Gasteiger partial charge is 0.246 e. The fraction of sp³-hybridized carbons (Fsp3) is 0.667. The van der Waals surface area contributed by atoms with Gasteiger partial charge in [-0.25, -0.2) is 10.6 Å². The Morgan fingerprint density at radius 2 is 2.17 bits per heavy atom. The third-order valence-corrected chi connectivity index (χ3v) is 1.63. The highest BCUT2D eigenvalue weighted by Gasteiger charge is 2.07. The van der Waals surface area contributed by atoms with Crippen LogP contribution in [0.1, 0.15) is 13.8 Å². The molecule has 0 radical (unpaired) electrons. The van der Waals surface area contributed by atoms with E-state index in [0.29, 0.717) is 5.95 Å². The number of hydrogen-bond donors (Lipinski definition) is 3. The second-order valence-corrected chi connectivity index (χ2v) is 2.27. The summed E-state index contributed by atoms with van der Waals surface area (Å²) in [5.41, 5.74) is 1.89. The molecule has 3 N–H and O–H groups in total. The van der Waals surface area contributed by atoms with E-state index in [2.05, 4.69) is 15.2 Å². The van der Waals surface area contributed by atoms with E-state index in [9.17, 15) is 0 Å². The molecule has 1 aromatic rings. The number of nitrogens with zero attached hydrogens (tertiary/aromatic N) is 3. The van der Waals surface area contributed by atoms with Gasteiger partial charge in [0.15, 0.2) is 0 Å². The van der Waals surface area contributed by atoms with Gasteiger partial charge >= 0.3 is 0 Å². The molecule has 1 heterocycles. The van der Waals surface area contributed by atoms with Crippen molar-refractivity contribution in [2.45, 2.75) is 13.8 Å². The molecule has 0 bridgehead atoms. The van der Waals surface area contributed by atoms with E-state index in [0.717, 1.165) is 13.1 Å². The molecule has 0 aromatic carbocycles. The van der Waals surface area contributed by atoms with Crippen LogP contribution in [0.4, 0.5) is 11.9 Å². The molecule has 0 aliphatic rings. The Morgan fingerprint density at radius 3 is 2.58 bits per heavy atom. The number of hydrogen-bond acceptors (Lipinski definition) is 5. The van der Waals surface area contributed by atoms with Crippen molar-refractivity contribution >= 4 is 11.9 Å². The van der Waals surface area contributed by atoms with Crippen molar-refractivity contribution in [2.75, 3.05) is 23.5 Å². The summed E-state index contributed by atoms with van der Waals surface area (Å²) in [4.78, 5) is 5.94. The predicted octanol–water partition coefficient (Wildman–Crippen LogP) is 0.452.